The Morgan fingerprint density at radius 3 is 2.07 bits per heavy atom. The Morgan fingerprint density at radius 2 is 1.67 bits per heavy atom. The first-order chi connectivity index (χ1) is 7.02. The van der Waals surface area contributed by atoms with Crippen LogP contribution in [0, 0.1) is 27.7 Å². The zero-order valence-electron chi connectivity index (χ0n) is 9.34. The van der Waals surface area contributed by atoms with Crippen molar-refractivity contribution in [2.75, 3.05) is 5.73 Å². The summed E-state index contributed by atoms with van der Waals surface area (Å²) in [6, 6.07) is 0. The highest BCUT2D eigenvalue weighted by atomic mass is 16.5. The number of nitrogens with zero attached hydrogens (tertiary/aromatic N) is 1. The van der Waals surface area contributed by atoms with E-state index >= 15 is 0 Å². The fourth-order valence-electron chi connectivity index (χ4n) is 1.71. The number of furan rings is 1. The standard InChI is InChI=1S/C11H14N2O2/c1-5-7(3)14-8(4)9(5)10-6(2)11(12)13-15-10/h1-4H3,(H2,12,13). The van der Waals surface area contributed by atoms with Crippen LogP contribution in [0.1, 0.15) is 22.6 Å². The predicted octanol–water partition coefficient (Wildman–Crippen LogP) is 2.75. The number of nitrogen functional groups attached to an aromatic ring is 1. The summed E-state index contributed by atoms with van der Waals surface area (Å²) in [4.78, 5) is 0. The summed E-state index contributed by atoms with van der Waals surface area (Å²) in [5.74, 6) is 2.88. The van der Waals surface area contributed by atoms with Gasteiger partial charge >= 0.3 is 0 Å². The molecule has 0 unspecified atom stereocenters. The minimum absolute atomic E-state index is 0.433. The first kappa shape index (κ1) is 9.83. The molecular weight excluding hydrogens is 192 g/mol. The van der Waals surface area contributed by atoms with E-state index in [1.54, 1.807) is 0 Å². The summed E-state index contributed by atoms with van der Waals surface area (Å²) in [6.07, 6.45) is 0. The van der Waals surface area contributed by atoms with Gasteiger partial charge in [-0.25, -0.2) is 0 Å². The lowest BCUT2D eigenvalue weighted by molar-refractivity contribution is 0.433. The van der Waals surface area contributed by atoms with E-state index < -0.39 is 0 Å². The lowest BCUT2D eigenvalue weighted by atomic mass is 10.1. The van der Waals surface area contributed by atoms with E-state index in [0.717, 1.165) is 28.2 Å². The molecule has 0 bridgehead atoms. The number of anilines is 1. The third-order valence-electron chi connectivity index (χ3n) is 2.75. The fourth-order valence-corrected chi connectivity index (χ4v) is 1.71. The molecule has 0 aromatic carbocycles. The molecule has 2 N–H and O–H groups in total. The van der Waals surface area contributed by atoms with Gasteiger partial charge in [-0.3, -0.25) is 0 Å². The predicted molar refractivity (Wildman–Crippen MR) is 57.6 cm³/mol. The summed E-state index contributed by atoms with van der Waals surface area (Å²) in [7, 11) is 0. The minimum atomic E-state index is 0.433. The summed E-state index contributed by atoms with van der Waals surface area (Å²) in [5, 5.41) is 3.75. The van der Waals surface area contributed by atoms with Crippen LogP contribution < -0.4 is 5.73 Å². The Balaban J connectivity index is 2.68. The average Bonchev–Trinajstić information content (AvgIpc) is 2.60. The van der Waals surface area contributed by atoms with Crippen molar-refractivity contribution < 1.29 is 8.94 Å². The van der Waals surface area contributed by atoms with E-state index in [1.165, 1.54) is 0 Å². The van der Waals surface area contributed by atoms with Crippen LogP contribution in [0.15, 0.2) is 8.94 Å². The van der Waals surface area contributed by atoms with Gasteiger partial charge in [-0.05, 0) is 27.7 Å². The molecule has 2 rings (SSSR count). The Morgan fingerprint density at radius 1 is 1.00 bits per heavy atom. The van der Waals surface area contributed by atoms with Gasteiger partial charge < -0.3 is 14.7 Å². The van der Waals surface area contributed by atoms with Gasteiger partial charge in [0.2, 0.25) is 0 Å². The minimum Gasteiger partial charge on any atom is -0.466 e. The van der Waals surface area contributed by atoms with Crippen LogP contribution in [0.4, 0.5) is 5.82 Å². The van der Waals surface area contributed by atoms with Crippen LogP contribution >= 0.6 is 0 Å². The molecule has 0 atom stereocenters. The molecule has 0 saturated heterocycles. The molecule has 0 aliphatic heterocycles. The first-order valence-electron chi connectivity index (χ1n) is 4.81. The molecule has 0 spiro atoms. The van der Waals surface area contributed by atoms with Gasteiger partial charge in [-0.1, -0.05) is 5.16 Å². The third-order valence-corrected chi connectivity index (χ3v) is 2.75. The maximum absolute atomic E-state index is 5.65. The van der Waals surface area contributed by atoms with E-state index in [1.807, 2.05) is 27.7 Å². The number of nitrogens with two attached hydrogens (primary N) is 1. The van der Waals surface area contributed by atoms with Gasteiger partial charge in [-0.2, -0.15) is 0 Å². The summed E-state index contributed by atoms with van der Waals surface area (Å²) in [6.45, 7) is 7.73. The largest absolute Gasteiger partial charge is 0.466 e. The van der Waals surface area contributed by atoms with Crippen molar-refractivity contribution in [3.8, 4) is 11.3 Å². The highest BCUT2D eigenvalue weighted by Gasteiger charge is 2.20. The smallest absolute Gasteiger partial charge is 0.175 e. The van der Waals surface area contributed by atoms with E-state index in [0.29, 0.717) is 11.6 Å². The molecule has 4 nitrogen and oxygen atoms in total. The lowest BCUT2D eigenvalue weighted by Gasteiger charge is -1.96. The van der Waals surface area contributed by atoms with E-state index in [9.17, 15) is 0 Å². The first-order valence-corrected chi connectivity index (χ1v) is 4.81. The maximum atomic E-state index is 5.65. The monoisotopic (exact) mass is 206 g/mol. The average molecular weight is 206 g/mol. The highest BCUT2D eigenvalue weighted by Crippen LogP contribution is 2.35. The molecule has 2 heterocycles. The summed E-state index contributed by atoms with van der Waals surface area (Å²) in [5.41, 5.74) is 8.55. The van der Waals surface area contributed by atoms with Crippen LogP contribution in [0.3, 0.4) is 0 Å². The Kier molecular flexibility index (Phi) is 2.07. The van der Waals surface area contributed by atoms with E-state index in [2.05, 4.69) is 5.16 Å². The number of aromatic nitrogens is 1. The molecule has 15 heavy (non-hydrogen) atoms. The van der Waals surface area contributed by atoms with Gasteiger partial charge in [0.05, 0.1) is 5.56 Å². The van der Waals surface area contributed by atoms with Crippen molar-refractivity contribution in [3.05, 3.63) is 22.6 Å². The normalized spacial score (nSPS) is 10.9. The molecule has 0 aliphatic carbocycles. The van der Waals surface area contributed by atoms with Crippen LogP contribution in [-0.4, -0.2) is 5.16 Å². The van der Waals surface area contributed by atoms with Crippen LogP contribution in [0.2, 0.25) is 0 Å². The van der Waals surface area contributed by atoms with Crippen molar-refractivity contribution in [2.45, 2.75) is 27.7 Å². The summed E-state index contributed by atoms with van der Waals surface area (Å²) < 4.78 is 10.8. The van der Waals surface area contributed by atoms with Gasteiger partial charge in [0, 0.05) is 11.1 Å². The third kappa shape index (κ3) is 1.33. The molecule has 2 aromatic rings. The highest BCUT2D eigenvalue weighted by molar-refractivity contribution is 5.70. The Hall–Kier alpha value is -1.71. The van der Waals surface area contributed by atoms with Crippen LogP contribution in [-0.2, 0) is 0 Å². The van der Waals surface area contributed by atoms with Gasteiger partial charge in [0.15, 0.2) is 11.6 Å². The molecule has 2 aromatic heterocycles. The number of rotatable bonds is 1. The second kappa shape index (κ2) is 3.15. The van der Waals surface area contributed by atoms with E-state index in [4.69, 9.17) is 14.7 Å². The molecule has 0 saturated carbocycles. The second-order valence-corrected chi connectivity index (χ2v) is 3.74. The number of aryl methyl sites for hydroxylation is 2. The van der Waals surface area contributed by atoms with Crippen LogP contribution in [0.25, 0.3) is 11.3 Å². The molecule has 0 aliphatic rings. The van der Waals surface area contributed by atoms with Crippen molar-refractivity contribution in [2.24, 2.45) is 0 Å². The van der Waals surface area contributed by atoms with Crippen molar-refractivity contribution >= 4 is 5.82 Å². The maximum Gasteiger partial charge on any atom is 0.175 e. The number of hydrogen-bond donors (Lipinski definition) is 1. The summed E-state index contributed by atoms with van der Waals surface area (Å²) >= 11 is 0. The van der Waals surface area contributed by atoms with Gasteiger partial charge in [0.1, 0.15) is 11.5 Å². The van der Waals surface area contributed by atoms with E-state index in [-0.39, 0.29) is 0 Å². The molecule has 0 radical (unpaired) electrons. The SMILES string of the molecule is Cc1oc(C)c(-c2onc(N)c2C)c1C. The zero-order chi connectivity index (χ0) is 11.2. The quantitative estimate of drug-likeness (QED) is 0.779. The van der Waals surface area contributed by atoms with Crippen molar-refractivity contribution in [3.63, 3.8) is 0 Å². The molecule has 80 valence electrons. The fraction of sp³-hybridized carbons (Fsp3) is 0.364. The molecular formula is C11H14N2O2. The second-order valence-electron chi connectivity index (χ2n) is 3.74. The molecule has 4 heteroatoms. The van der Waals surface area contributed by atoms with Crippen molar-refractivity contribution in [1.29, 1.82) is 0 Å². The Labute approximate surface area is 88.0 Å². The topological polar surface area (TPSA) is 65.2 Å². The number of hydrogen-bond acceptors (Lipinski definition) is 4. The molecule has 0 fully saturated rings. The van der Waals surface area contributed by atoms with Gasteiger partial charge in [-0.15, -0.1) is 0 Å². The van der Waals surface area contributed by atoms with Crippen LogP contribution in [0.5, 0.6) is 0 Å². The Bertz CT molecular complexity index is 509. The van der Waals surface area contributed by atoms with Gasteiger partial charge in [0.25, 0.3) is 0 Å². The zero-order valence-corrected chi connectivity index (χ0v) is 9.34. The molecule has 0 amide bonds. The van der Waals surface area contributed by atoms with Crippen molar-refractivity contribution in [1.82, 2.24) is 5.16 Å². The lowest BCUT2D eigenvalue weighted by Crippen LogP contribution is -1.87.